The van der Waals surface area contributed by atoms with Gasteiger partial charge < -0.3 is 24.3 Å². The zero-order chi connectivity index (χ0) is 22.1. The lowest BCUT2D eigenvalue weighted by molar-refractivity contribution is -0.385. The average molecular weight is 412 g/mol. The molecule has 0 fully saturated rings. The molecule has 0 aromatic heterocycles. The summed E-state index contributed by atoms with van der Waals surface area (Å²) in [5.74, 6) is -2.26. The summed E-state index contributed by atoms with van der Waals surface area (Å²) >= 11 is 0. The number of ether oxygens (including phenoxy) is 4. The summed E-state index contributed by atoms with van der Waals surface area (Å²) < 4.78 is 19.5. The van der Waals surface area contributed by atoms with Crippen molar-refractivity contribution in [2.45, 2.75) is 26.3 Å². The molecule has 0 saturated carbocycles. The second-order valence-electron chi connectivity index (χ2n) is 6.33. The first kappa shape index (κ1) is 23.7. The van der Waals surface area contributed by atoms with E-state index in [4.69, 9.17) is 14.2 Å². The number of nitro benzene ring substituents is 1. The fourth-order valence-electron chi connectivity index (χ4n) is 2.46. The summed E-state index contributed by atoms with van der Waals surface area (Å²) in [6.45, 7) is 2.98. The van der Waals surface area contributed by atoms with Crippen molar-refractivity contribution in [1.82, 2.24) is 5.32 Å². The molecule has 160 valence electrons. The lowest BCUT2D eigenvalue weighted by atomic mass is 10.0. The van der Waals surface area contributed by atoms with E-state index in [2.05, 4.69) is 10.1 Å². The van der Waals surface area contributed by atoms with Crippen LogP contribution >= 0.6 is 0 Å². The van der Waals surface area contributed by atoms with Crippen molar-refractivity contribution in [2.24, 2.45) is 5.92 Å². The largest absolute Gasteiger partial charge is 0.493 e. The van der Waals surface area contributed by atoms with Crippen LogP contribution < -0.4 is 14.8 Å². The number of hydrogen-bond donors (Lipinski definition) is 1. The van der Waals surface area contributed by atoms with E-state index >= 15 is 0 Å². The molecule has 29 heavy (non-hydrogen) atoms. The number of esters is 2. The molecule has 1 N–H and O–H groups in total. The molecular formula is C18H24N2O9. The van der Waals surface area contributed by atoms with Gasteiger partial charge in [0.25, 0.3) is 11.6 Å². The lowest BCUT2D eigenvalue weighted by Crippen LogP contribution is -2.44. The molecule has 0 aliphatic heterocycles. The van der Waals surface area contributed by atoms with Crippen LogP contribution in [0.4, 0.5) is 5.69 Å². The molecule has 1 amide bonds. The maximum absolute atomic E-state index is 12.3. The number of hydrogen-bond acceptors (Lipinski definition) is 9. The van der Waals surface area contributed by atoms with Crippen molar-refractivity contribution >= 4 is 23.5 Å². The van der Waals surface area contributed by atoms with Gasteiger partial charge in [-0.2, -0.15) is 0 Å². The van der Waals surface area contributed by atoms with Gasteiger partial charge in [-0.05, 0) is 12.3 Å². The predicted octanol–water partition coefficient (Wildman–Crippen LogP) is 1.47. The third-order valence-electron chi connectivity index (χ3n) is 3.78. The number of nitro groups is 1. The zero-order valence-corrected chi connectivity index (χ0v) is 16.8. The van der Waals surface area contributed by atoms with Gasteiger partial charge in [0.15, 0.2) is 18.1 Å². The highest BCUT2D eigenvalue weighted by Crippen LogP contribution is 2.34. The quantitative estimate of drug-likeness (QED) is 0.343. The smallest absolute Gasteiger partial charge is 0.345 e. The third kappa shape index (κ3) is 6.63. The SMILES string of the molecule is COC(=O)C(CC(C)C)NC(=O)COC(=O)c1cc(OC)c(OC)cc1[N+](=O)[O-]. The Bertz CT molecular complexity index is 777. The highest BCUT2D eigenvalue weighted by molar-refractivity contribution is 5.96. The molecule has 0 bridgehead atoms. The highest BCUT2D eigenvalue weighted by atomic mass is 16.6. The van der Waals surface area contributed by atoms with Crippen molar-refractivity contribution in [3.8, 4) is 11.5 Å². The van der Waals surface area contributed by atoms with E-state index in [1.807, 2.05) is 13.8 Å². The van der Waals surface area contributed by atoms with Crippen molar-refractivity contribution in [3.63, 3.8) is 0 Å². The fourth-order valence-corrected chi connectivity index (χ4v) is 2.46. The fraction of sp³-hybridized carbons (Fsp3) is 0.500. The average Bonchev–Trinajstić information content (AvgIpc) is 2.69. The summed E-state index contributed by atoms with van der Waals surface area (Å²) in [5, 5.41) is 13.7. The van der Waals surface area contributed by atoms with Gasteiger partial charge in [-0.25, -0.2) is 9.59 Å². The van der Waals surface area contributed by atoms with E-state index in [0.29, 0.717) is 6.42 Å². The molecule has 1 aromatic rings. The number of rotatable bonds is 10. The second-order valence-corrected chi connectivity index (χ2v) is 6.33. The van der Waals surface area contributed by atoms with Crippen molar-refractivity contribution in [3.05, 3.63) is 27.8 Å². The van der Waals surface area contributed by atoms with Gasteiger partial charge in [0.05, 0.1) is 32.3 Å². The number of methoxy groups -OCH3 is 3. The van der Waals surface area contributed by atoms with Crippen LogP contribution in [0.5, 0.6) is 11.5 Å². The Morgan fingerprint density at radius 3 is 2.17 bits per heavy atom. The molecule has 1 aromatic carbocycles. The first-order chi connectivity index (χ1) is 13.6. The molecule has 11 nitrogen and oxygen atoms in total. The lowest BCUT2D eigenvalue weighted by Gasteiger charge is -2.18. The monoisotopic (exact) mass is 412 g/mol. The molecule has 1 unspecified atom stereocenters. The zero-order valence-electron chi connectivity index (χ0n) is 16.8. The number of carbonyl (C=O) groups is 3. The number of nitrogens with zero attached hydrogens (tertiary/aromatic N) is 1. The van der Waals surface area contributed by atoms with E-state index in [-0.39, 0.29) is 17.4 Å². The number of amides is 1. The normalized spacial score (nSPS) is 11.4. The maximum Gasteiger partial charge on any atom is 0.345 e. The van der Waals surface area contributed by atoms with E-state index in [1.165, 1.54) is 21.3 Å². The van der Waals surface area contributed by atoms with Crippen LogP contribution in [-0.2, 0) is 19.1 Å². The van der Waals surface area contributed by atoms with Gasteiger partial charge in [-0.3, -0.25) is 14.9 Å². The topological polar surface area (TPSA) is 143 Å². The molecule has 0 radical (unpaired) electrons. The van der Waals surface area contributed by atoms with Gasteiger partial charge in [0.2, 0.25) is 0 Å². The van der Waals surface area contributed by atoms with Crippen molar-refractivity contribution in [2.75, 3.05) is 27.9 Å². The minimum Gasteiger partial charge on any atom is -0.493 e. The Morgan fingerprint density at radius 1 is 1.10 bits per heavy atom. The minimum atomic E-state index is -1.11. The Kier molecular flexibility index (Phi) is 8.84. The Labute approximate surface area is 167 Å². The van der Waals surface area contributed by atoms with Gasteiger partial charge in [0, 0.05) is 6.07 Å². The van der Waals surface area contributed by atoms with E-state index in [9.17, 15) is 24.5 Å². The predicted molar refractivity (Wildman–Crippen MR) is 99.9 cm³/mol. The van der Waals surface area contributed by atoms with E-state index < -0.39 is 46.7 Å². The molecule has 0 spiro atoms. The Morgan fingerprint density at radius 2 is 1.69 bits per heavy atom. The summed E-state index contributed by atoms with van der Waals surface area (Å²) in [4.78, 5) is 46.6. The Balaban J connectivity index is 2.92. The Hall–Kier alpha value is -3.37. The molecule has 0 heterocycles. The first-order valence-electron chi connectivity index (χ1n) is 8.59. The highest BCUT2D eigenvalue weighted by Gasteiger charge is 2.27. The summed E-state index contributed by atoms with van der Waals surface area (Å²) in [6, 6.07) is 1.21. The second kappa shape index (κ2) is 10.8. The minimum absolute atomic E-state index is 0.0584. The van der Waals surface area contributed by atoms with E-state index in [0.717, 1.165) is 12.1 Å². The maximum atomic E-state index is 12.3. The number of carbonyl (C=O) groups excluding carboxylic acids is 3. The van der Waals surface area contributed by atoms with Gasteiger partial charge in [-0.15, -0.1) is 0 Å². The standard InChI is InChI=1S/C18H24N2O9/c1-10(2)6-12(18(23)28-5)19-16(21)9-29-17(22)11-7-14(26-3)15(27-4)8-13(11)20(24)25/h7-8,10,12H,6,9H2,1-5H3,(H,19,21). The summed E-state index contributed by atoms with van der Waals surface area (Å²) in [6.07, 6.45) is 0.327. The van der Waals surface area contributed by atoms with Crippen molar-refractivity contribution in [1.29, 1.82) is 0 Å². The first-order valence-corrected chi connectivity index (χ1v) is 8.59. The van der Waals surface area contributed by atoms with Crippen LogP contribution in [0.2, 0.25) is 0 Å². The molecule has 1 rings (SSSR count). The van der Waals surface area contributed by atoms with Gasteiger partial charge in [0.1, 0.15) is 11.6 Å². The van der Waals surface area contributed by atoms with Crippen LogP contribution in [0.25, 0.3) is 0 Å². The van der Waals surface area contributed by atoms with Crippen LogP contribution in [0.1, 0.15) is 30.6 Å². The molecular weight excluding hydrogens is 388 g/mol. The molecule has 0 saturated heterocycles. The molecule has 11 heteroatoms. The third-order valence-corrected chi connectivity index (χ3v) is 3.78. The van der Waals surface area contributed by atoms with E-state index in [1.54, 1.807) is 0 Å². The van der Waals surface area contributed by atoms with Crippen LogP contribution in [0, 0.1) is 16.0 Å². The molecule has 1 atom stereocenters. The summed E-state index contributed by atoms with van der Waals surface area (Å²) in [5.41, 5.74) is -0.979. The molecule has 0 aliphatic rings. The van der Waals surface area contributed by atoms with Crippen LogP contribution in [0.15, 0.2) is 12.1 Å². The van der Waals surface area contributed by atoms with Gasteiger partial charge in [-0.1, -0.05) is 13.8 Å². The number of benzene rings is 1. The van der Waals surface area contributed by atoms with Crippen LogP contribution in [-0.4, -0.2) is 56.7 Å². The molecule has 0 aliphatic carbocycles. The summed E-state index contributed by atoms with van der Waals surface area (Å²) in [7, 11) is 3.78. The number of nitrogens with one attached hydrogen (secondary N) is 1. The van der Waals surface area contributed by atoms with Crippen LogP contribution in [0.3, 0.4) is 0 Å². The van der Waals surface area contributed by atoms with Gasteiger partial charge >= 0.3 is 11.9 Å². The van der Waals surface area contributed by atoms with Crippen molar-refractivity contribution < 1.29 is 38.3 Å².